The van der Waals surface area contributed by atoms with Crippen molar-refractivity contribution in [1.82, 2.24) is 9.80 Å². The first-order chi connectivity index (χ1) is 8.37. The molecule has 0 atom stereocenters. The molecule has 0 spiro atoms. The standard InChI is InChI=1S/C14H22ClN3/c1-14(2)10-18(5-4-17(14)3)9-11-6-12(15)8-13(16)7-11/h6-8H,4-5,9-10,16H2,1-3H3. The Hall–Kier alpha value is -0.770. The van der Waals surface area contributed by atoms with E-state index in [-0.39, 0.29) is 5.54 Å². The quantitative estimate of drug-likeness (QED) is 0.836. The fourth-order valence-electron chi connectivity index (χ4n) is 2.50. The Morgan fingerprint density at radius 2 is 2.00 bits per heavy atom. The zero-order valence-electron chi connectivity index (χ0n) is 11.4. The third-order valence-electron chi connectivity index (χ3n) is 3.78. The van der Waals surface area contributed by atoms with Crippen molar-refractivity contribution in [2.45, 2.75) is 25.9 Å². The molecule has 1 heterocycles. The number of likely N-dealkylation sites (N-methyl/N-ethyl adjacent to an activating group) is 1. The van der Waals surface area contributed by atoms with E-state index in [1.807, 2.05) is 12.1 Å². The number of nitrogen functional groups attached to an aromatic ring is 1. The Morgan fingerprint density at radius 1 is 1.28 bits per heavy atom. The largest absolute Gasteiger partial charge is 0.399 e. The van der Waals surface area contributed by atoms with Crippen LogP contribution in [0.3, 0.4) is 0 Å². The van der Waals surface area contributed by atoms with E-state index in [4.69, 9.17) is 17.3 Å². The van der Waals surface area contributed by atoms with Crippen LogP contribution in [-0.4, -0.2) is 42.0 Å². The summed E-state index contributed by atoms with van der Waals surface area (Å²) >= 11 is 6.04. The fraction of sp³-hybridized carbons (Fsp3) is 0.571. The third-order valence-corrected chi connectivity index (χ3v) is 4.00. The molecule has 1 saturated heterocycles. The molecule has 1 aliphatic heterocycles. The number of hydrogen-bond acceptors (Lipinski definition) is 3. The minimum atomic E-state index is 0.225. The molecule has 0 saturated carbocycles. The van der Waals surface area contributed by atoms with Crippen molar-refractivity contribution in [3.05, 3.63) is 28.8 Å². The van der Waals surface area contributed by atoms with Gasteiger partial charge in [-0.25, -0.2) is 0 Å². The number of nitrogens with zero attached hydrogens (tertiary/aromatic N) is 2. The van der Waals surface area contributed by atoms with Gasteiger partial charge in [0.05, 0.1) is 0 Å². The fourth-order valence-corrected chi connectivity index (χ4v) is 2.77. The summed E-state index contributed by atoms with van der Waals surface area (Å²) in [6.07, 6.45) is 0. The minimum Gasteiger partial charge on any atom is -0.399 e. The molecule has 1 fully saturated rings. The number of nitrogens with two attached hydrogens (primary N) is 1. The van der Waals surface area contributed by atoms with Gasteiger partial charge in [-0.2, -0.15) is 0 Å². The van der Waals surface area contributed by atoms with Gasteiger partial charge in [-0.05, 0) is 44.7 Å². The maximum absolute atomic E-state index is 6.04. The highest BCUT2D eigenvalue weighted by Gasteiger charge is 2.30. The molecule has 2 N–H and O–H groups in total. The van der Waals surface area contributed by atoms with Crippen molar-refractivity contribution in [3.8, 4) is 0 Å². The second-order valence-corrected chi connectivity index (χ2v) is 6.27. The molecule has 3 nitrogen and oxygen atoms in total. The van der Waals surface area contributed by atoms with E-state index < -0.39 is 0 Å². The molecule has 4 heteroatoms. The predicted octanol–water partition coefficient (Wildman–Crippen LogP) is 2.45. The van der Waals surface area contributed by atoms with Crippen LogP contribution in [0.5, 0.6) is 0 Å². The zero-order valence-corrected chi connectivity index (χ0v) is 12.2. The van der Waals surface area contributed by atoms with E-state index in [2.05, 4.69) is 30.7 Å². The van der Waals surface area contributed by atoms with Crippen LogP contribution in [-0.2, 0) is 6.54 Å². The first-order valence-corrected chi connectivity index (χ1v) is 6.73. The van der Waals surface area contributed by atoms with Gasteiger partial charge < -0.3 is 5.73 Å². The molecule has 0 aromatic heterocycles. The van der Waals surface area contributed by atoms with Gasteiger partial charge in [0.15, 0.2) is 0 Å². The van der Waals surface area contributed by atoms with Gasteiger partial charge in [0, 0.05) is 42.4 Å². The number of hydrogen-bond donors (Lipinski definition) is 1. The molecule has 1 aliphatic rings. The van der Waals surface area contributed by atoms with Crippen LogP contribution in [0.4, 0.5) is 5.69 Å². The van der Waals surface area contributed by atoms with Crippen molar-refractivity contribution < 1.29 is 0 Å². The molecule has 100 valence electrons. The van der Waals surface area contributed by atoms with Crippen LogP contribution in [0.1, 0.15) is 19.4 Å². The molecular weight excluding hydrogens is 246 g/mol. The summed E-state index contributed by atoms with van der Waals surface area (Å²) in [5.41, 5.74) is 7.99. The molecule has 18 heavy (non-hydrogen) atoms. The second kappa shape index (κ2) is 5.08. The maximum atomic E-state index is 6.04. The molecular formula is C14H22ClN3. The number of anilines is 1. The van der Waals surface area contributed by atoms with Crippen LogP contribution < -0.4 is 5.73 Å². The molecule has 1 aromatic carbocycles. The van der Waals surface area contributed by atoms with E-state index in [0.29, 0.717) is 0 Å². The number of piperazine rings is 1. The van der Waals surface area contributed by atoms with Gasteiger partial charge >= 0.3 is 0 Å². The lowest BCUT2D eigenvalue weighted by Gasteiger charge is -2.45. The lowest BCUT2D eigenvalue weighted by Crippen LogP contribution is -2.57. The Kier molecular flexibility index (Phi) is 3.85. The summed E-state index contributed by atoms with van der Waals surface area (Å²) < 4.78 is 0. The lowest BCUT2D eigenvalue weighted by molar-refractivity contribution is 0.0360. The number of benzene rings is 1. The van der Waals surface area contributed by atoms with E-state index in [9.17, 15) is 0 Å². The van der Waals surface area contributed by atoms with Crippen molar-refractivity contribution in [3.63, 3.8) is 0 Å². The number of halogens is 1. The van der Waals surface area contributed by atoms with Gasteiger partial charge in [0.25, 0.3) is 0 Å². The summed E-state index contributed by atoms with van der Waals surface area (Å²) in [6, 6.07) is 5.80. The van der Waals surface area contributed by atoms with E-state index in [0.717, 1.165) is 36.9 Å². The van der Waals surface area contributed by atoms with Crippen molar-refractivity contribution in [1.29, 1.82) is 0 Å². The van der Waals surface area contributed by atoms with Crippen molar-refractivity contribution in [2.24, 2.45) is 0 Å². The highest BCUT2D eigenvalue weighted by Crippen LogP contribution is 2.22. The van der Waals surface area contributed by atoms with Gasteiger partial charge in [-0.1, -0.05) is 11.6 Å². The highest BCUT2D eigenvalue weighted by molar-refractivity contribution is 6.30. The van der Waals surface area contributed by atoms with Crippen molar-refractivity contribution in [2.75, 3.05) is 32.4 Å². The first kappa shape index (κ1) is 13.7. The third kappa shape index (κ3) is 3.16. The molecule has 0 unspecified atom stereocenters. The van der Waals surface area contributed by atoms with E-state index in [1.165, 1.54) is 5.56 Å². The van der Waals surface area contributed by atoms with Crippen LogP contribution in [0.15, 0.2) is 18.2 Å². The van der Waals surface area contributed by atoms with Crippen molar-refractivity contribution >= 4 is 17.3 Å². The summed E-state index contributed by atoms with van der Waals surface area (Å²) in [6.45, 7) is 8.74. The number of rotatable bonds is 2. The zero-order chi connectivity index (χ0) is 13.3. The monoisotopic (exact) mass is 267 g/mol. The van der Waals surface area contributed by atoms with E-state index >= 15 is 0 Å². The first-order valence-electron chi connectivity index (χ1n) is 6.35. The maximum Gasteiger partial charge on any atom is 0.0429 e. The molecule has 0 bridgehead atoms. The van der Waals surface area contributed by atoms with Gasteiger partial charge in [0.2, 0.25) is 0 Å². The van der Waals surface area contributed by atoms with Gasteiger partial charge in [-0.15, -0.1) is 0 Å². The Labute approximate surface area is 115 Å². The molecule has 0 aliphatic carbocycles. The lowest BCUT2D eigenvalue weighted by atomic mass is 9.99. The Morgan fingerprint density at radius 3 is 2.61 bits per heavy atom. The molecule has 2 rings (SSSR count). The minimum absolute atomic E-state index is 0.225. The van der Waals surface area contributed by atoms with Crippen LogP contribution in [0.2, 0.25) is 5.02 Å². The predicted molar refractivity (Wildman–Crippen MR) is 77.9 cm³/mol. The second-order valence-electron chi connectivity index (χ2n) is 5.84. The van der Waals surface area contributed by atoms with Crippen LogP contribution in [0, 0.1) is 0 Å². The summed E-state index contributed by atoms with van der Waals surface area (Å²) in [5, 5.41) is 0.721. The Balaban J connectivity index is 2.06. The topological polar surface area (TPSA) is 32.5 Å². The SMILES string of the molecule is CN1CCN(Cc2cc(N)cc(Cl)c2)CC1(C)C. The van der Waals surface area contributed by atoms with E-state index in [1.54, 1.807) is 6.07 Å². The summed E-state index contributed by atoms with van der Waals surface area (Å²) in [7, 11) is 2.19. The molecule has 0 amide bonds. The normalized spacial score (nSPS) is 21.1. The smallest absolute Gasteiger partial charge is 0.0429 e. The summed E-state index contributed by atoms with van der Waals surface area (Å²) in [4.78, 5) is 4.88. The average Bonchev–Trinajstić information content (AvgIpc) is 2.21. The van der Waals surface area contributed by atoms with Crippen LogP contribution in [0.25, 0.3) is 0 Å². The highest BCUT2D eigenvalue weighted by atomic mass is 35.5. The summed E-state index contributed by atoms with van der Waals surface area (Å²) in [5.74, 6) is 0. The molecule has 0 radical (unpaired) electrons. The van der Waals surface area contributed by atoms with Gasteiger partial charge in [-0.3, -0.25) is 9.80 Å². The average molecular weight is 268 g/mol. The van der Waals surface area contributed by atoms with Crippen LogP contribution >= 0.6 is 11.6 Å². The molecule has 1 aromatic rings. The Bertz CT molecular complexity index is 411. The van der Waals surface area contributed by atoms with Gasteiger partial charge in [0.1, 0.15) is 0 Å².